The summed E-state index contributed by atoms with van der Waals surface area (Å²) in [6.45, 7) is 9.11. The fourth-order valence-corrected chi connectivity index (χ4v) is 2.42. The van der Waals surface area contributed by atoms with Crippen molar-refractivity contribution in [1.82, 2.24) is 14.8 Å². The van der Waals surface area contributed by atoms with Crippen LogP contribution in [0.2, 0.25) is 0 Å². The molecule has 0 radical (unpaired) electrons. The second-order valence-corrected chi connectivity index (χ2v) is 4.91. The third kappa shape index (κ3) is 3.03. The van der Waals surface area contributed by atoms with Crippen LogP contribution in [0.25, 0.3) is 0 Å². The Morgan fingerprint density at radius 1 is 1.25 bits per heavy atom. The second-order valence-electron chi connectivity index (χ2n) is 4.16. The van der Waals surface area contributed by atoms with Gasteiger partial charge in [0.2, 0.25) is 0 Å². The zero-order valence-corrected chi connectivity index (χ0v) is 11.3. The summed E-state index contributed by atoms with van der Waals surface area (Å²) in [7, 11) is 0. The lowest BCUT2D eigenvalue weighted by molar-refractivity contribution is 0.131. The van der Waals surface area contributed by atoms with E-state index in [2.05, 4.69) is 43.7 Å². The fourth-order valence-electron chi connectivity index (χ4n) is 2.04. The zero-order valence-electron chi connectivity index (χ0n) is 9.69. The number of piperazine rings is 1. The average molecular weight is 284 g/mol. The first-order valence-electron chi connectivity index (χ1n) is 5.83. The van der Waals surface area contributed by atoms with Crippen LogP contribution in [-0.4, -0.2) is 47.5 Å². The molecule has 0 unspecified atom stereocenters. The first-order chi connectivity index (χ1) is 7.79. The van der Waals surface area contributed by atoms with Gasteiger partial charge in [-0.2, -0.15) is 0 Å². The van der Waals surface area contributed by atoms with E-state index < -0.39 is 0 Å². The Morgan fingerprint density at radius 3 is 2.56 bits per heavy atom. The molecule has 1 aliphatic rings. The van der Waals surface area contributed by atoms with E-state index in [1.54, 1.807) is 0 Å². The van der Waals surface area contributed by atoms with E-state index in [4.69, 9.17) is 0 Å². The lowest BCUT2D eigenvalue weighted by Gasteiger charge is -2.34. The summed E-state index contributed by atoms with van der Waals surface area (Å²) in [5.74, 6) is 0. The summed E-state index contributed by atoms with van der Waals surface area (Å²) < 4.78 is 0.980. The van der Waals surface area contributed by atoms with E-state index in [0.717, 1.165) is 24.2 Å². The van der Waals surface area contributed by atoms with Crippen LogP contribution in [0.1, 0.15) is 12.5 Å². The molecule has 2 heterocycles. The molecule has 3 nitrogen and oxygen atoms in total. The van der Waals surface area contributed by atoms with Crippen molar-refractivity contribution in [3.8, 4) is 0 Å². The lowest BCUT2D eigenvalue weighted by atomic mass is 10.2. The SMILES string of the molecule is CCN1CCN(Cc2cccnc2Br)CC1. The van der Waals surface area contributed by atoms with Gasteiger partial charge in [0.05, 0.1) is 0 Å². The molecule has 0 saturated carbocycles. The zero-order chi connectivity index (χ0) is 11.4. The number of halogens is 1. The predicted molar refractivity (Wildman–Crippen MR) is 69.3 cm³/mol. The van der Waals surface area contributed by atoms with Crippen LogP contribution in [0.4, 0.5) is 0 Å². The van der Waals surface area contributed by atoms with Gasteiger partial charge in [0, 0.05) is 38.9 Å². The number of rotatable bonds is 3. The van der Waals surface area contributed by atoms with Crippen LogP contribution in [0.15, 0.2) is 22.9 Å². The Bertz CT molecular complexity index is 335. The van der Waals surface area contributed by atoms with Gasteiger partial charge in [0.1, 0.15) is 4.60 Å². The lowest BCUT2D eigenvalue weighted by Crippen LogP contribution is -2.45. The molecular formula is C12H18BrN3. The van der Waals surface area contributed by atoms with Crippen LogP contribution in [-0.2, 0) is 6.54 Å². The molecule has 0 aliphatic carbocycles. The quantitative estimate of drug-likeness (QED) is 0.791. The molecule has 0 aromatic carbocycles. The highest BCUT2D eigenvalue weighted by Crippen LogP contribution is 2.15. The van der Waals surface area contributed by atoms with Gasteiger partial charge < -0.3 is 4.90 Å². The van der Waals surface area contributed by atoms with Crippen molar-refractivity contribution < 1.29 is 0 Å². The number of hydrogen-bond donors (Lipinski definition) is 0. The highest BCUT2D eigenvalue weighted by molar-refractivity contribution is 9.10. The monoisotopic (exact) mass is 283 g/mol. The maximum Gasteiger partial charge on any atom is 0.110 e. The van der Waals surface area contributed by atoms with E-state index in [0.29, 0.717) is 0 Å². The minimum Gasteiger partial charge on any atom is -0.301 e. The topological polar surface area (TPSA) is 19.4 Å². The Kier molecular flexibility index (Phi) is 4.32. The summed E-state index contributed by atoms with van der Waals surface area (Å²) in [6.07, 6.45) is 1.82. The third-order valence-corrected chi connectivity index (χ3v) is 3.86. The molecule has 88 valence electrons. The molecular weight excluding hydrogens is 266 g/mol. The van der Waals surface area contributed by atoms with E-state index >= 15 is 0 Å². The van der Waals surface area contributed by atoms with Crippen LogP contribution in [0.3, 0.4) is 0 Å². The summed E-state index contributed by atoms with van der Waals surface area (Å²) >= 11 is 3.50. The van der Waals surface area contributed by atoms with E-state index in [1.807, 2.05) is 12.3 Å². The predicted octanol–water partition coefficient (Wildman–Crippen LogP) is 1.98. The molecule has 0 amide bonds. The smallest absolute Gasteiger partial charge is 0.110 e. The fraction of sp³-hybridized carbons (Fsp3) is 0.583. The van der Waals surface area contributed by atoms with Gasteiger partial charge in [-0.15, -0.1) is 0 Å². The Balaban J connectivity index is 1.89. The van der Waals surface area contributed by atoms with Gasteiger partial charge in [-0.1, -0.05) is 13.0 Å². The minimum atomic E-state index is 0.980. The molecule has 1 aromatic rings. The van der Waals surface area contributed by atoms with Gasteiger partial charge >= 0.3 is 0 Å². The second kappa shape index (κ2) is 5.75. The first kappa shape index (κ1) is 12.0. The number of aromatic nitrogens is 1. The van der Waals surface area contributed by atoms with Crippen LogP contribution in [0, 0.1) is 0 Å². The Morgan fingerprint density at radius 2 is 1.94 bits per heavy atom. The van der Waals surface area contributed by atoms with Gasteiger partial charge in [0.25, 0.3) is 0 Å². The van der Waals surface area contributed by atoms with Crippen molar-refractivity contribution in [2.24, 2.45) is 0 Å². The van der Waals surface area contributed by atoms with Crippen molar-refractivity contribution in [1.29, 1.82) is 0 Å². The van der Waals surface area contributed by atoms with Crippen molar-refractivity contribution in [3.63, 3.8) is 0 Å². The van der Waals surface area contributed by atoms with E-state index in [-0.39, 0.29) is 0 Å². The highest BCUT2D eigenvalue weighted by atomic mass is 79.9. The molecule has 0 atom stereocenters. The summed E-state index contributed by atoms with van der Waals surface area (Å²) in [5.41, 5.74) is 1.28. The van der Waals surface area contributed by atoms with Crippen molar-refractivity contribution in [3.05, 3.63) is 28.5 Å². The van der Waals surface area contributed by atoms with E-state index in [1.165, 1.54) is 25.2 Å². The molecule has 0 N–H and O–H groups in total. The molecule has 0 spiro atoms. The van der Waals surface area contributed by atoms with Crippen LogP contribution < -0.4 is 0 Å². The van der Waals surface area contributed by atoms with Crippen LogP contribution >= 0.6 is 15.9 Å². The van der Waals surface area contributed by atoms with Gasteiger partial charge in [-0.05, 0) is 34.1 Å². The van der Waals surface area contributed by atoms with Crippen LogP contribution in [0.5, 0.6) is 0 Å². The van der Waals surface area contributed by atoms with E-state index in [9.17, 15) is 0 Å². The molecule has 2 rings (SSSR count). The number of nitrogens with zero attached hydrogens (tertiary/aromatic N) is 3. The Labute approximate surface area is 106 Å². The summed E-state index contributed by atoms with van der Waals surface area (Å²) in [5, 5.41) is 0. The number of hydrogen-bond acceptors (Lipinski definition) is 3. The largest absolute Gasteiger partial charge is 0.301 e. The highest BCUT2D eigenvalue weighted by Gasteiger charge is 2.16. The third-order valence-electron chi connectivity index (χ3n) is 3.14. The van der Waals surface area contributed by atoms with Crippen molar-refractivity contribution in [2.75, 3.05) is 32.7 Å². The number of likely N-dealkylation sites (N-methyl/N-ethyl adjacent to an activating group) is 1. The molecule has 1 saturated heterocycles. The molecule has 0 bridgehead atoms. The summed E-state index contributed by atoms with van der Waals surface area (Å²) in [4.78, 5) is 9.24. The van der Waals surface area contributed by atoms with Gasteiger partial charge in [-0.3, -0.25) is 4.90 Å². The first-order valence-corrected chi connectivity index (χ1v) is 6.63. The van der Waals surface area contributed by atoms with Gasteiger partial charge in [0.15, 0.2) is 0 Å². The average Bonchev–Trinajstić information content (AvgIpc) is 2.33. The molecule has 1 aliphatic heterocycles. The maximum atomic E-state index is 4.26. The molecule has 4 heteroatoms. The van der Waals surface area contributed by atoms with Crippen molar-refractivity contribution >= 4 is 15.9 Å². The standard InChI is InChI=1S/C12H18BrN3/c1-2-15-6-8-16(9-7-15)10-11-4-3-5-14-12(11)13/h3-5H,2,6-10H2,1H3. The Hall–Kier alpha value is -0.450. The molecule has 16 heavy (non-hydrogen) atoms. The molecule has 1 fully saturated rings. The van der Waals surface area contributed by atoms with Gasteiger partial charge in [-0.25, -0.2) is 4.98 Å². The normalized spacial score (nSPS) is 18.9. The maximum absolute atomic E-state index is 4.26. The minimum absolute atomic E-state index is 0.980. The molecule has 1 aromatic heterocycles. The van der Waals surface area contributed by atoms with Crippen molar-refractivity contribution in [2.45, 2.75) is 13.5 Å². The number of pyridine rings is 1. The summed E-state index contributed by atoms with van der Waals surface area (Å²) in [6, 6.07) is 4.14.